The van der Waals surface area contributed by atoms with Crippen molar-refractivity contribution in [3.05, 3.63) is 101 Å². The van der Waals surface area contributed by atoms with Crippen molar-refractivity contribution in [2.45, 2.75) is 6.92 Å². The van der Waals surface area contributed by atoms with Gasteiger partial charge in [0.15, 0.2) is 5.76 Å². The van der Waals surface area contributed by atoms with Crippen molar-refractivity contribution >= 4 is 23.6 Å². The highest BCUT2D eigenvalue weighted by Gasteiger charge is 2.30. The minimum atomic E-state index is -0.106. The summed E-state index contributed by atoms with van der Waals surface area (Å²) < 4.78 is 11.9. The first kappa shape index (κ1) is 20.5. The fraction of sp³-hybridized carbons (Fsp3) is 0.148. The monoisotopic (exact) mass is 411 g/mol. The van der Waals surface area contributed by atoms with Crippen molar-refractivity contribution in [2.24, 2.45) is 0 Å². The van der Waals surface area contributed by atoms with Crippen LogP contribution >= 0.6 is 0 Å². The number of Topliss-reactive ketones (excluding diaryl/α,β-unsaturated/α-hetero) is 1. The summed E-state index contributed by atoms with van der Waals surface area (Å²) in [4.78, 5) is 14.8. The Labute approximate surface area is 183 Å². The third-order valence-electron chi connectivity index (χ3n) is 5.19. The molecule has 1 aliphatic heterocycles. The molecule has 0 radical (unpaired) electrons. The summed E-state index contributed by atoms with van der Waals surface area (Å²) in [5.41, 5.74) is 4.54. The molecule has 1 heterocycles. The third kappa shape index (κ3) is 4.53. The van der Waals surface area contributed by atoms with E-state index in [-0.39, 0.29) is 5.78 Å². The number of allylic oxidation sites excluding steroid dienone is 1. The molecule has 0 aliphatic carbocycles. The van der Waals surface area contributed by atoms with E-state index in [0.717, 1.165) is 22.4 Å². The number of benzene rings is 3. The molecule has 4 nitrogen and oxygen atoms in total. The average molecular weight is 412 g/mol. The second-order valence-corrected chi connectivity index (χ2v) is 7.62. The smallest absolute Gasteiger partial charge is 0.231 e. The molecule has 0 spiro atoms. The van der Waals surface area contributed by atoms with Gasteiger partial charge in [-0.05, 0) is 54.5 Å². The fourth-order valence-electron chi connectivity index (χ4n) is 3.43. The highest BCUT2D eigenvalue weighted by Crippen LogP contribution is 2.39. The second kappa shape index (κ2) is 8.92. The van der Waals surface area contributed by atoms with E-state index >= 15 is 0 Å². The van der Waals surface area contributed by atoms with Crippen LogP contribution in [0.1, 0.15) is 27.0 Å². The normalized spacial score (nSPS) is 14.0. The van der Waals surface area contributed by atoms with Crippen molar-refractivity contribution < 1.29 is 14.3 Å². The first-order valence-electron chi connectivity index (χ1n) is 10.2. The Hall–Kier alpha value is -3.79. The SMILES string of the molecule is Cc1c(OC/C=C/c2ccccc2)ccc2c1O/C(=C\c1ccc(N(C)C)cc1)C2=O. The molecule has 0 aromatic heterocycles. The maximum absolute atomic E-state index is 12.8. The number of rotatable bonds is 6. The zero-order chi connectivity index (χ0) is 21.8. The van der Waals surface area contributed by atoms with Gasteiger partial charge in [0.05, 0.1) is 5.56 Å². The van der Waals surface area contributed by atoms with Crippen LogP contribution in [0.4, 0.5) is 5.69 Å². The van der Waals surface area contributed by atoms with Gasteiger partial charge in [-0.15, -0.1) is 0 Å². The van der Waals surface area contributed by atoms with Crippen LogP contribution in [0, 0.1) is 6.92 Å². The highest BCUT2D eigenvalue weighted by atomic mass is 16.5. The predicted molar refractivity (Wildman–Crippen MR) is 126 cm³/mol. The van der Waals surface area contributed by atoms with Crippen LogP contribution < -0.4 is 14.4 Å². The number of hydrogen-bond acceptors (Lipinski definition) is 4. The molecule has 4 heteroatoms. The topological polar surface area (TPSA) is 38.8 Å². The molecule has 3 aromatic carbocycles. The summed E-state index contributed by atoms with van der Waals surface area (Å²) in [5.74, 6) is 1.51. The van der Waals surface area contributed by atoms with Crippen molar-refractivity contribution in [3.8, 4) is 11.5 Å². The van der Waals surface area contributed by atoms with Gasteiger partial charge in [-0.2, -0.15) is 0 Å². The molecule has 0 amide bonds. The summed E-state index contributed by atoms with van der Waals surface area (Å²) in [6.07, 6.45) is 5.77. The molecule has 0 bridgehead atoms. The molecule has 0 N–H and O–H groups in total. The Morgan fingerprint density at radius 2 is 1.68 bits per heavy atom. The molecular weight excluding hydrogens is 386 g/mol. The van der Waals surface area contributed by atoms with Gasteiger partial charge in [0.1, 0.15) is 18.1 Å². The van der Waals surface area contributed by atoms with Gasteiger partial charge >= 0.3 is 0 Å². The van der Waals surface area contributed by atoms with Crippen molar-refractivity contribution in [2.75, 3.05) is 25.6 Å². The maximum Gasteiger partial charge on any atom is 0.231 e. The number of anilines is 1. The molecule has 0 atom stereocenters. The second-order valence-electron chi connectivity index (χ2n) is 7.62. The van der Waals surface area contributed by atoms with Gasteiger partial charge in [-0.3, -0.25) is 4.79 Å². The fourth-order valence-corrected chi connectivity index (χ4v) is 3.43. The van der Waals surface area contributed by atoms with Gasteiger partial charge in [0, 0.05) is 25.3 Å². The van der Waals surface area contributed by atoms with Gasteiger partial charge in [-0.25, -0.2) is 0 Å². The lowest BCUT2D eigenvalue weighted by atomic mass is 10.1. The van der Waals surface area contributed by atoms with Crippen LogP contribution in [0.25, 0.3) is 12.2 Å². The van der Waals surface area contributed by atoms with E-state index in [9.17, 15) is 4.79 Å². The van der Waals surface area contributed by atoms with E-state index in [0.29, 0.717) is 29.4 Å². The molecule has 0 saturated heterocycles. The lowest BCUT2D eigenvalue weighted by molar-refractivity contribution is 0.101. The summed E-state index contributed by atoms with van der Waals surface area (Å²) in [6.45, 7) is 2.35. The first-order valence-corrected chi connectivity index (χ1v) is 10.2. The minimum Gasteiger partial charge on any atom is -0.489 e. The number of nitrogens with zero attached hydrogens (tertiary/aromatic N) is 1. The molecule has 0 saturated carbocycles. The van der Waals surface area contributed by atoms with Crippen LogP contribution in [0.5, 0.6) is 11.5 Å². The molecule has 156 valence electrons. The highest BCUT2D eigenvalue weighted by molar-refractivity contribution is 6.15. The van der Waals surface area contributed by atoms with E-state index in [4.69, 9.17) is 9.47 Å². The zero-order valence-electron chi connectivity index (χ0n) is 18.0. The van der Waals surface area contributed by atoms with Crippen LogP contribution in [-0.2, 0) is 0 Å². The van der Waals surface area contributed by atoms with Crippen LogP contribution in [0.2, 0.25) is 0 Å². The Balaban J connectivity index is 1.48. The van der Waals surface area contributed by atoms with Crippen LogP contribution in [-0.4, -0.2) is 26.5 Å². The molecule has 0 fully saturated rings. The standard InChI is InChI=1S/C27H25NO3/c1-19-24(30-17-7-10-20-8-5-4-6-9-20)16-15-23-26(29)25(31-27(19)23)18-21-11-13-22(14-12-21)28(2)3/h4-16,18H,17H2,1-3H3/b10-7+,25-18-. The third-order valence-corrected chi connectivity index (χ3v) is 5.19. The number of carbonyl (C=O) groups excluding carboxylic acids is 1. The minimum absolute atomic E-state index is 0.106. The molecular formula is C27H25NO3. The molecule has 31 heavy (non-hydrogen) atoms. The number of hydrogen-bond donors (Lipinski definition) is 0. The summed E-state index contributed by atoms with van der Waals surface area (Å²) in [7, 11) is 3.99. The van der Waals surface area contributed by atoms with Crippen molar-refractivity contribution in [3.63, 3.8) is 0 Å². The van der Waals surface area contributed by atoms with E-state index < -0.39 is 0 Å². The van der Waals surface area contributed by atoms with Gasteiger partial charge in [0.2, 0.25) is 5.78 Å². The Bertz CT molecular complexity index is 1140. The Kier molecular flexibility index (Phi) is 5.89. The Morgan fingerprint density at radius 3 is 2.39 bits per heavy atom. The zero-order valence-corrected chi connectivity index (χ0v) is 18.0. The molecule has 1 aliphatic rings. The van der Waals surface area contributed by atoms with Crippen molar-refractivity contribution in [1.82, 2.24) is 0 Å². The molecule has 0 unspecified atom stereocenters. The molecule has 3 aromatic rings. The Morgan fingerprint density at radius 1 is 0.935 bits per heavy atom. The lowest BCUT2D eigenvalue weighted by Gasteiger charge is -2.12. The van der Waals surface area contributed by atoms with E-state index in [1.165, 1.54) is 0 Å². The van der Waals surface area contributed by atoms with Gasteiger partial charge in [-0.1, -0.05) is 48.5 Å². The quantitative estimate of drug-likeness (QED) is 0.483. The van der Waals surface area contributed by atoms with E-state index in [1.807, 2.05) is 98.7 Å². The number of ketones is 1. The average Bonchev–Trinajstić information content (AvgIpc) is 3.10. The number of fused-ring (bicyclic) bond motifs is 1. The lowest BCUT2D eigenvalue weighted by Crippen LogP contribution is -2.08. The van der Waals surface area contributed by atoms with E-state index in [1.54, 1.807) is 12.1 Å². The summed E-state index contributed by atoms with van der Waals surface area (Å²) in [6, 6.07) is 21.7. The van der Waals surface area contributed by atoms with Crippen LogP contribution in [0.3, 0.4) is 0 Å². The van der Waals surface area contributed by atoms with Crippen LogP contribution in [0.15, 0.2) is 78.6 Å². The predicted octanol–water partition coefficient (Wildman–Crippen LogP) is 5.77. The van der Waals surface area contributed by atoms with Gasteiger partial charge in [0.25, 0.3) is 0 Å². The maximum atomic E-state index is 12.8. The number of ether oxygens (including phenoxy) is 2. The summed E-state index contributed by atoms with van der Waals surface area (Å²) >= 11 is 0. The van der Waals surface area contributed by atoms with Gasteiger partial charge < -0.3 is 14.4 Å². The van der Waals surface area contributed by atoms with Crippen molar-refractivity contribution in [1.29, 1.82) is 0 Å². The first-order chi connectivity index (χ1) is 15.0. The summed E-state index contributed by atoms with van der Waals surface area (Å²) in [5, 5.41) is 0. The number of carbonyl (C=O) groups is 1. The van der Waals surface area contributed by atoms with E-state index in [2.05, 4.69) is 0 Å². The molecule has 4 rings (SSSR count). The largest absolute Gasteiger partial charge is 0.489 e.